The molecule has 3 nitrogen and oxygen atoms in total. The van der Waals surface area contributed by atoms with Crippen molar-refractivity contribution in [1.29, 1.82) is 0 Å². The Morgan fingerprint density at radius 1 is 1.90 bits per heavy atom. The van der Waals surface area contributed by atoms with E-state index >= 15 is 0 Å². The second-order valence-electron chi connectivity index (χ2n) is 1.61. The maximum Gasteiger partial charge on any atom is 0.249 e. The van der Waals surface area contributed by atoms with Gasteiger partial charge in [0.1, 0.15) is 0 Å². The Morgan fingerprint density at radius 2 is 2.60 bits per heavy atom. The molecule has 0 aromatic carbocycles. The molecule has 0 aliphatic heterocycles. The number of hydrogen-bond acceptors (Lipinski definition) is 3. The van der Waals surface area contributed by atoms with Crippen molar-refractivity contribution in [2.45, 2.75) is 0 Å². The van der Waals surface area contributed by atoms with E-state index in [4.69, 9.17) is 12.2 Å². The van der Waals surface area contributed by atoms with Gasteiger partial charge in [0.15, 0.2) is 5.11 Å². The maximum atomic E-state index is 10.6. The second-order valence-corrected chi connectivity index (χ2v) is 2.97. The van der Waals surface area contributed by atoms with E-state index in [0.29, 0.717) is 5.11 Å². The van der Waals surface area contributed by atoms with Crippen LogP contribution in [0.2, 0.25) is 0 Å². The van der Waals surface area contributed by atoms with Gasteiger partial charge in [-0.3, -0.25) is 4.79 Å². The van der Waals surface area contributed by atoms with Crippen LogP contribution in [0.25, 0.3) is 0 Å². The monoisotopic (exact) mass is 174 g/mol. The topological polar surface area (TPSA) is 34.0 Å². The SMILES string of the molecule is CNC(=S)n1ccc(=O)s1. The molecule has 0 spiro atoms. The quantitative estimate of drug-likeness (QED) is 0.573. The zero-order valence-corrected chi connectivity index (χ0v) is 6.96. The summed E-state index contributed by atoms with van der Waals surface area (Å²) in [6.45, 7) is 0. The first kappa shape index (κ1) is 7.43. The highest BCUT2D eigenvalue weighted by Crippen LogP contribution is 1.89. The molecule has 1 N–H and O–H groups in total. The lowest BCUT2D eigenvalue weighted by molar-refractivity contribution is 1.11. The van der Waals surface area contributed by atoms with Crippen LogP contribution in [0.1, 0.15) is 0 Å². The van der Waals surface area contributed by atoms with Crippen LogP contribution in [-0.4, -0.2) is 16.1 Å². The predicted octanol–water partition coefficient (Wildman–Crippen LogP) is 0.262. The zero-order chi connectivity index (χ0) is 7.56. The molecule has 1 heterocycles. The Kier molecular flexibility index (Phi) is 2.18. The van der Waals surface area contributed by atoms with Gasteiger partial charge in [-0.05, 0) is 23.8 Å². The lowest BCUT2D eigenvalue weighted by atomic mass is 10.7. The van der Waals surface area contributed by atoms with Crippen LogP contribution in [0.15, 0.2) is 17.1 Å². The average molecular weight is 174 g/mol. The fraction of sp³-hybridized carbons (Fsp3) is 0.200. The molecule has 0 bridgehead atoms. The van der Waals surface area contributed by atoms with E-state index in [1.807, 2.05) is 0 Å². The lowest BCUT2D eigenvalue weighted by Gasteiger charge is -1.98. The third-order valence-corrected chi connectivity index (χ3v) is 2.28. The number of thiocarbonyl (C=S) groups is 1. The first-order valence-corrected chi connectivity index (χ1v) is 3.83. The summed E-state index contributed by atoms with van der Waals surface area (Å²) in [6.07, 6.45) is 1.64. The highest BCUT2D eigenvalue weighted by molar-refractivity contribution is 7.80. The molecule has 1 aromatic heterocycles. The number of nitrogens with one attached hydrogen (secondary N) is 1. The van der Waals surface area contributed by atoms with E-state index in [-0.39, 0.29) is 4.74 Å². The minimum atomic E-state index is 0.0117. The number of hydrogen-bond donors (Lipinski definition) is 1. The summed E-state index contributed by atoms with van der Waals surface area (Å²) in [5, 5.41) is 3.31. The van der Waals surface area contributed by atoms with Gasteiger partial charge in [0, 0.05) is 19.3 Å². The first-order valence-electron chi connectivity index (χ1n) is 2.65. The van der Waals surface area contributed by atoms with Crippen molar-refractivity contribution < 1.29 is 0 Å². The molecule has 0 saturated heterocycles. The Bertz CT molecular complexity index is 288. The Labute approximate surface area is 67.4 Å². The van der Waals surface area contributed by atoms with E-state index in [9.17, 15) is 4.79 Å². The molecule has 0 aliphatic carbocycles. The van der Waals surface area contributed by atoms with Crippen molar-refractivity contribution in [2.24, 2.45) is 0 Å². The molecule has 0 radical (unpaired) electrons. The third kappa shape index (κ3) is 1.43. The Morgan fingerprint density at radius 3 is 3.00 bits per heavy atom. The molecule has 54 valence electrons. The van der Waals surface area contributed by atoms with E-state index < -0.39 is 0 Å². The maximum absolute atomic E-state index is 10.6. The Hall–Kier alpha value is -0.680. The van der Waals surface area contributed by atoms with Crippen molar-refractivity contribution >= 4 is 28.9 Å². The summed E-state index contributed by atoms with van der Waals surface area (Å²) in [6, 6.07) is 1.48. The normalized spacial score (nSPS) is 9.30. The average Bonchev–Trinajstić information content (AvgIpc) is 2.34. The van der Waals surface area contributed by atoms with Gasteiger partial charge in [-0.25, -0.2) is 3.96 Å². The van der Waals surface area contributed by atoms with Gasteiger partial charge in [0.05, 0.1) is 0 Å². The van der Waals surface area contributed by atoms with Crippen molar-refractivity contribution in [3.05, 3.63) is 21.8 Å². The largest absolute Gasteiger partial charge is 0.364 e. The molecule has 0 amide bonds. The van der Waals surface area contributed by atoms with Crippen molar-refractivity contribution in [3.63, 3.8) is 0 Å². The van der Waals surface area contributed by atoms with Gasteiger partial charge in [-0.2, -0.15) is 0 Å². The van der Waals surface area contributed by atoms with Gasteiger partial charge in [0.25, 0.3) is 0 Å². The summed E-state index contributed by atoms with van der Waals surface area (Å²) >= 11 is 5.94. The van der Waals surface area contributed by atoms with E-state index in [1.165, 1.54) is 6.07 Å². The molecule has 1 rings (SSSR count). The van der Waals surface area contributed by atoms with Crippen LogP contribution < -0.4 is 10.1 Å². The number of rotatable bonds is 0. The third-order valence-electron chi connectivity index (χ3n) is 0.948. The molecule has 0 saturated carbocycles. The number of aromatic nitrogens is 1. The van der Waals surface area contributed by atoms with Crippen LogP contribution in [0.5, 0.6) is 0 Å². The summed E-state index contributed by atoms with van der Waals surface area (Å²) in [5.41, 5.74) is 0. The molecule has 0 atom stereocenters. The molecule has 1 aromatic rings. The van der Waals surface area contributed by atoms with Crippen LogP contribution in [0.3, 0.4) is 0 Å². The minimum Gasteiger partial charge on any atom is -0.364 e. The minimum absolute atomic E-state index is 0.0117. The van der Waals surface area contributed by atoms with Crippen LogP contribution in [0, 0.1) is 0 Å². The van der Waals surface area contributed by atoms with Gasteiger partial charge in [0.2, 0.25) is 4.74 Å². The van der Waals surface area contributed by atoms with Crippen molar-refractivity contribution in [2.75, 3.05) is 7.05 Å². The van der Waals surface area contributed by atoms with E-state index in [2.05, 4.69) is 5.32 Å². The first-order chi connectivity index (χ1) is 4.74. The smallest absolute Gasteiger partial charge is 0.249 e. The molecule has 0 fully saturated rings. The fourth-order valence-electron chi connectivity index (χ4n) is 0.506. The van der Waals surface area contributed by atoms with Crippen LogP contribution in [0.4, 0.5) is 0 Å². The van der Waals surface area contributed by atoms with Gasteiger partial charge in [-0.15, -0.1) is 0 Å². The molecular weight excluding hydrogens is 168 g/mol. The number of nitrogens with zero attached hydrogens (tertiary/aromatic N) is 1. The van der Waals surface area contributed by atoms with Crippen LogP contribution >= 0.6 is 23.8 Å². The summed E-state index contributed by atoms with van der Waals surface area (Å²) in [7, 11) is 1.72. The lowest BCUT2D eigenvalue weighted by Crippen LogP contribution is -2.21. The summed E-state index contributed by atoms with van der Waals surface area (Å²) in [5.74, 6) is 0. The fourth-order valence-corrected chi connectivity index (χ4v) is 1.29. The van der Waals surface area contributed by atoms with E-state index in [0.717, 1.165) is 11.5 Å². The van der Waals surface area contributed by atoms with Crippen LogP contribution in [-0.2, 0) is 0 Å². The molecule has 5 heteroatoms. The highest BCUT2D eigenvalue weighted by Gasteiger charge is 1.95. The predicted molar refractivity (Wildman–Crippen MR) is 45.6 cm³/mol. The molecule has 10 heavy (non-hydrogen) atoms. The summed E-state index contributed by atoms with van der Waals surface area (Å²) < 4.78 is 1.62. The van der Waals surface area contributed by atoms with E-state index in [1.54, 1.807) is 17.2 Å². The van der Waals surface area contributed by atoms with Gasteiger partial charge in [-0.1, -0.05) is 0 Å². The Balaban J connectivity index is 2.95. The van der Waals surface area contributed by atoms with Crippen molar-refractivity contribution in [3.8, 4) is 0 Å². The molecular formula is C5H6N2OS2. The molecule has 0 unspecified atom stereocenters. The van der Waals surface area contributed by atoms with Gasteiger partial charge < -0.3 is 5.32 Å². The molecule has 0 aliphatic rings. The van der Waals surface area contributed by atoms with Gasteiger partial charge >= 0.3 is 0 Å². The van der Waals surface area contributed by atoms with Crippen molar-refractivity contribution in [1.82, 2.24) is 9.27 Å². The second kappa shape index (κ2) is 2.94. The zero-order valence-electron chi connectivity index (χ0n) is 5.33. The summed E-state index contributed by atoms with van der Waals surface area (Å²) in [4.78, 5) is 10.6. The highest BCUT2D eigenvalue weighted by atomic mass is 32.1. The standard InChI is InChI=1S/C5H6N2OS2/c1-6-5(9)7-3-2-4(8)10-7/h2-3H,1H3,(H,6,9).